The Bertz CT molecular complexity index is 714. The van der Waals surface area contributed by atoms with Crippen molar-refractivity contribution in [3.63, 3.8) is 0 Å². The van der Waals surface area contributed by atoms with Gasteiger partial charge in [-0.05, 0) is 50.2 Å². The van der Waals surface area contributed by atoms with E-state index in [1.54, 1.807) is 38.3 Å². The van der Waals surface area contributed by atoms with Gasteiger partial charge in [-0.1, -0.05) is 17.7 Å². The first-order chi connectivity index (χ1) is 12.0. The fourth-order valence-corrected chi connectivity index (χ4v) is 2.71. The van der Waals surface area contributed by atoms with E-state index in [9.17, 15) is 9.59 Å². The van der Waals surface area contributed by atoms with Crippen LogP contribution >= 0.6 is 11.8 Å². The number of aryl methyl sites for hydroxylation is 1. The molecule has 0 aliphatic rings. The van der Waals surface area contributed by atoms with Crippen molar-refractivity contribution in [3.8, 4) is 5.75 Å². The summed E-state index contributed by atoms with van der Waals surface area (Å²) in [5, 5.41) is 5.30. The lowest BCUT2D eigenvalue weighted by Crippen LogP contribution is -2.25. The first-order valence-corrected chi connectivity index (χ1v) is 8.96. The van der Waals surface area contributed by atoms with Gasteiger partial charge in [0, 0.05) is 11.4 Å². The molecule has 5 nitrogen and oxygen atoms in total. The Morgan fingerprint density at radius 1 is 1.00 bits per heavy atom. The summed E-state index contributed by atoms with van der Waals surface area (Å²) in [6, 6.07) is 14.7. The molecule has 1 atom stereocenters. The molecule has 0 saturated heterocycles. The molecule has 25 heavy (non-hydrogen) atoms. The highest BCUT2D eigenvalue weighted by Gasteiger charge is 2.15. The summed E-state index contributed by atoms with van der Waals surface area (Å²) < 4.78 is 5.08. The second kappa shape index (κ2) is 9.13. The Balaban J connectivity index is 1.77. The summed E-state index contributed by atoms with van der Waals surface area (Å²) in [7, 11) is 1.59. The van der Waals surface area contributed by atoms with Crippen molar-refractivity contribution >= 4 is 35.0 Å². The molecule has 0 fully saturated rings. The molecule has 0 aromatic heterocycles. The zero-order valence-electron chi connectivity index (χ0n) is 14.5. The summed E-state index contributed by atoms with van der Waals surface area (Å²) in [6.45, 7) is 3.77. The minimum Gasteiger partial charge on any atom is -0.497 e. The van der Waals surface area contributed by atoms with Crippen LogP contribution < -0.4 is 15.4 Å². The number of hydrogen-bond donors (Lipinski definition) is 2. The minimum atomic E-state index is -0.342. The van der Waals surface area contributed by atoms with Gasteiger partial charge in [-0.25, -0.2) is 0 Å². The minimum absolute atomic E-state index is 0.127. The van der Waals surface area contributed by atoms with Crippen LogP contribution in [0.2, 0.25) is 0 Å². The van der Waals surface area contributed by atoms with Gasteiger partial charge in [-0.3, -0.25) is 9.59 Å². The standard InChI is InChI=1S/C19H22N2O3S/c1-13-4-6-15(7-5-13)20-18(22)12-25-14(2)19(23)21-16-8-10-17(24-3)11-9-16/h4-11,14H,12H2,1-3H3,(H,20,22)(H,21,23)/t14-/m1/s1. The van der Waals surface area contributed by atoms with Crippen LogP contribution in [-0.4, -0.2) is 29.9 Å². The maximum absolute atomic E-state index is 12.2. The molecule has 0 radical (unpaired) electrons. The average molecular weight is 358 g/mol. The molecule has 0 heterocycles. The van der Waals surface area contributed by atoms with Gasteiger partial charge in [0.1, 0.15) is 5.75 Å². The van der Waals surface area contributed by atoms with E-state index >= 15 is 0 Å². The summed E-state index contributed by atoms with van der Waals surface area (Å²) in [6.07, 6.45) is 0. The number of benzene rings is 2. The predicted molar refractivity (Wildman–Crippen MR) is 103 cm³/mol. The molecule has 2 amide bonds. The maximum atomic E-state index is 12.2. The molecule has 0 aliphatic heterocycles. The highest BCUT2D eigenvalue weighted by atomic mass is 32.2. The number of thioether (sulfide) groups is 1. The molecule has 0 unspecified atom stereocenters. The molecule has 132 valence electrons. The molecular formula is C19H22N2O3S. The number of rotatable bonds is 7. The Hall–Kier alpha value is -2.47. The van der Waals surface area contributed by atoms with E-state index in [-0.39, 0.29) is 22.8 Å². The number of anilines is 2. The van der Waals surface area contributed by atoms with Gasteiger partial charge in [0.05, 0.1) is 18.1 Å². The largest absolute Gasteiger partial charge is 0.497 e. The molecule has 2 N–H and O–H groups in total. The Labute approximate surface area is 152 Å². The van der Waals surface area contributed by atoms with Gasteiger partial charge in [-0.2, -0.15) is 0 Å². The van der Waals surface area contributed by atoms with E-state index in [4.69, 9.17) is 4.74 Å². The number of amides is 2. The zero-order valence-corrected chi connectivity index (χ0v) is 15.4. The van der Waals surface area contributed by atoms with E-state index in [1.165, 1.54) is 11.8 Å². The normalized spacial score (nSPS) is 11.5. The van der Waals surface area contributed by atoms with E-state index < -0.39 is 0 Å². The molecule has 0 saturated carbocycles. The zero-order chi connectivity index (χ0) is 18.2. The molecule has 0 spiro atoms. The summed E-state index contributed by atoms with van der Waals surface area (Å²) in [5.74, 6) is 0.676. The first kappa shape index (κ1) is 18.9. The topological polar surface area (TPSA) is 67.4 Å². The molecule has 2 aromatic carbocycles. The molecular weight excluding hydrogens is 336 g/mol. The van der Waals surface area contributed by atoms with Crippen molar-refractivity contribution in [1.29, 1.82) is 0 Å². The van der Waals surface area contributed by atoms with Crippen LogP contribution in [-0.2, 0) is 9.59 Å². The third-order valence-corrected chi connectivity index (χ3v) is 4.67. The van der Waals surface area contributed by atoms with Gasteiger partial charge in [0.15, 0.2) is 0 Å². The van der Waals surface area contributed by atoms with Gasteiger partial charge in [0.25, 0.3) is 0 Å². The van der Waals surface area contributed by atoms with Crippen LogP contribution in [0.15, 0.2) is 48.5 Å². The highest BCUT2D eigenvalue weighted by molar-refractivity contribution is 8.01. The molecule has 6 heteroatoms. The van der Waals surface area contributed by atoms with Crippen LogP contribution in [0.5, 0.6) is 5.75 Å². The summed E-state index contributed by atoms with van der Waals surface area (Å²) in [5.41, 5.74) is 2.59. The Kier molecular flexibility index (Phi) is 6.89. The number of methoxy groups -OCH3 is 1. The summed E-state index contributed by atoms with van der Waals surface area (Å²) in [4.78, 5) is 24.2. The van der Waals surface area contributed by atoms with E-state index in [0.29, 0.717) is 5.69 Å². The predicted octanol–water partition coefficient (Wildman–Crippen LogP) is 3.70. The van der Waals surface area contributed by atoms with Crippen LogP contribution in [0.25, 0.3) is 0 Å². The van der Waals surface area contributed by atoms with E-state index in [2.05, 4.69) is 10.6 Å². The summed E-state index contributed by atoms with van der Waals surface area (Å²) >= 11 is 1.29. The van der Waals surface area contributed by atoms with Gasteiger partial charge < -0.3 is 15.4 Å². The lowest BCUT2D eigenvalue weighted by molar-refractivity contribution is -0.115. The molecule has 2 rings (SSSR count). The van der Waals surface area contributed by atoms with Gasteiger partial charge >= 0.3 is 0 Å². The lowest BCUT2D eigenvalue weighted by Gasteiger charge is -2.12. The van der Waals surface area contributed by atoms with Crippen molar-refractivity contribution < 1.29 is 14.3 Å². The molecule has 0 bridgehead atoms. The van der Waals surface area contributed by atoms with Crippen molar-refractivity contribution in [1.82, 2.24) is 0 Å². The third kappa shape index (κ3) is 6.15. The van der Waals surface area contributed by atoms with E-state index in [0.717, 1.165) is 17.0 Å². The van der Waals surface area contributed by atoms with Crippen LogP contribution in [0, 0.1) is 6.92 Å². The first-order valence-electron chi connectivity index (χ1n) is 7.91. The fraction of sp³-hybridized carbons (Fsp3) is 0.263. The number of hydrogen-bond acceptors (Lipinski definition) is 4. The van der Waals surface area contributed by atoms with Crippen molar-refractivity contribution in [2.75, 3.05) is 23.5 Å². The quantitative estimate of drug-likeness (QED) is 0.792. The Morgan fingerprint density at radius 2 is 1.56 bits per heavy atom. The average Bonchev–Trinajstić information content (AvgIpc) is 2.62. The fourth-order valence-electron chi connectivity index (χ4n) is 2.03. The van der Waals surface area contributed by atoms with Gasteiger partial charge in [-0.15, -0.1) is 11.8 Å². The smallest absolute Gasteiger partial charge is 0.237 e. The SMILES string of the molecule is COc1ccc(NC(=O)[C@@H](C)SCC(=O)Nc2ccc(C)cc2)cc1. The van der Waals surface area contributed by atoms with Crippen LogP contribution in [0.1, 0.15) is 12.5 Å². The van der Waals surface area contributed by atoms with Crippen molar-refractivity contribution in [3.05, 3.63) is 54.1 Å². The number of nitrogens with one attached hydrogen (secondary N) is 2. The maximum Gasteiger partial charge on any atom is 0.237 e. The van der Waals surface area contributed by atoms with Crippen LogP contribution in [0.3, 0.4) is 0 Å². The van der Waals surface area contributed by atoms with Gasteiger partial charge in [0.2, 0.25) is 11.8 Å². The second-order valence-corrected chi connectivity index (χ2v) is 6.91. The highest BCUT2D eigenvalue weighted by Crippen LogP contribution is 2.18. The van der Waals surface area contributed by atoms with E-state index in [1.807, 2.05) is 31.2 Å². The molecule has 2 aromatic rings. The molecule has 0 aliphatic carbocycles. The van der Waals surface area contributed by atoms with Crippen molar-refractivity contribution in [2.45, 2.75) is 19.1 Å². The number of carbonyl (C=O) groups is 2. The van der Waals surface area contributed by atoms with Crippen molar-refractivity contribution in [2.24, 2.45) is 0 Å². The monoisotopic (exact) mass is 358 g/mol. The number of ether oxygens (including phenoxy) is 1. The lowest BCUT2D eigenvalue weighted by atomic mass is 10.2. The Morgan fingerprint density at radius 3 is 2.16 bits per heavy atom. The number of carbonyl (C=O) groups excluding carboxylic acids is 2. The second-order valence-electron chi connectivity index (χ2n) is 5.59. The van der Waals surface area contributed by atoms with Crippen LogP contribution in [0.4, 0.5) is 11.4 Å². The third-order valence-electron chi connectivity index (χ3n) is 3.53.